The van der Waals surface area contributed by atoms with Crippen molar-refractivity contribution >= 4 is 29.3 Å². The zero-order valence-corrected chi connectivity index (χ0v) is 17.8. The van der Waals surface area contributed by atoms with Crippen LogP contribution in [0.3, 0.4) is 0 Å². The topological polar surface area (TPSA) is 118 Å². The summed E-state index contributed by atoms with van der Waals surface area (Å²) in [4.78, 5) is 40.5. The number of nitrogens with zero attached hydrogens (tertiary/aromatic N) is 1. The van der Waals surface area contributed by atoms with Gasteiger partial charge in [0.2, 0.25) is 5.91 Å². The lowest BCUT2D eigenvalue weighted by Gasteiger charge is -2.19. The summed E-state index contributed by atoms with van der Waals surface area (Å²) in [6.45, 7) is -0.422. The molecule has 2 amide bonds. The van der Waals surface area contributed by atoms with Crippen molar-refractivity contribution in [3.8, 4) is 11.1 Å². The van der Waals surface area contributed by atoms with Crippen LogP contribution in [0, 0.1) is 0 Å². The van der Waals surface area contributed by atoms with Gasteiger partial charge in [-0.05, 0) is 22.3 Å². The highest BCUT2D eigenvalue weighted by atomic mass is 32.1. The Bertz CT molecular complexity index is 1090. The number of carbonyl (C=O) groups excluding carboxylic acids is 2. The molecular weight excluding hydrogens is 430 g/mol. The average Bonchev–Trinajstić information content (AvgIpc) is 3.41. The fraction of sp³-hybridized carbons (Fsp3) is 0.217. The van der Waals surface area contributed by atoms with Crippen molar-refractivity contribution in [3.63, 3.8) is 0 Å². The van der Waals surface area contributed by atoms with E-state index < -0.39 is 30.6 Å². The summed E-state index contributed by atoms with van der Waals surface area (Å²) in [5, 5.41) is 13.7. The second kappa shape index (κ2) is 9.61. The van der Waals surface area contributed by atoms with Crippen LogP contribution in [0.4, 0.5) is 4.79 Å². The van der Waals surface area contributed by atoms with Crippen LogP contribution in [-0.4, -0.2) is 47.3 Å². The molecule has 0 aliphatic heterocycles. The van der Waals surface area contributed by atoms with Crippen LogP contribution >= 0.6 is 11.3 Å². The molecule has 8 nitrogen and oxygen atoms in total. The Labute approximate surface area is 188 Å². The van der Waals surface area contributed by atoms with Gasteiger partial charge in [-0.15, -0.1) is 11.3 Å². The van der Waals surface area contributed by atoms with Crippen molar-refractivity contribution in [2.24, 2.45) is 0 Å². The summed E-state index contributed by atoms with van der Waals surface area (Å²) < 4.78 is 5.51. The van der Waals surface area contributed by atoms with Gasteiger partial charge in [0.1, 0.15) is 19.2 Å². The van der Waals surface area contributed by atoms with Crippen molar-refractivity contribution in [3.05, 3.63) is 76.2 Å². The highest BCUT2D eigenvalue weighted by Crippen LogP contribution is 2.44. The van der Waals surface area contributed by atoms with Crippen LogP contribution in [0.2, 0.25) is 0 Å². The van der Waals surface area contributed by atoms with Crippen LogP contribution in [0.25, 0.3) is 11.1 Å². The van der Waals surface area contributed by atoms with Crippen LogP contribution < -0.4 is 10.6 Å². The van der Waals surface area contributed by atoms with E-state index in [0.29, 0.717) is 0 Å². The van der Waals surface area contributed by atoms with Crippen molar-refractivity contribution < 1.29 is 24.2 Å². The first kappa shape index (κ1) is 21.5. The van der Waals surface area contributed by atoms with E-state index in [4.69, 9.17) is 9.84 Å². The number of aliphatic carboxylic acids is 1. The van der Waals surface area contributed by atoms with Gasteiger partial charge in [0.25, 0.3) is 0 Å². The highest BCUT2D eigenvalue weighted by Gasteiger charge is 2.30. The average molecular weight is 452 g/mol. The molecule has 1 heterocycles. The van der Waals surface area contributed by atoms with Gasteiger partial charge in [-0.2, -0.15) is 0 Å². The van der Waals surface area contributed by atoms with Crippen LogP contribution in [-0.2, 0) is 20.7 Å². The third kappa shape index (κ3) is 4.78. The third-order valence-corrected chi connectivity index (χ3v) is 6.06. The number of thiazole rings is 1. The first-order valence-electron chi connectivity index (χ1n) is 10.0. The van der Waals surface area contributed by atoms with E-state index >= 15 is 0 Å². The zero-order chi connectivity index (χ0) is 22.5. The number of aromatic nitrogens is 1. The van der Waals surface area contributed by atoms with Gasteiger partial charge >= 0.3 is 12.1 Å². The minimum Gasteiger partial charge on any atom is -0.480 e. The molecule has 164 valence electrons. The smallest absolute Gasteiger partial charge is 0.407 e. The standard InChI is InChI=1S/C23H21N3O5S/c27-21(28)11-25-22(29)20(9-14-10-24-13-32-14)26-23(30)31-12-19-17-7-3-1-5-15(17)16-6-2-4-8-18(16)19/h1-8,10,13,19-20H,9,11-12H2,(H,25,29)(H,26,30)(H,27,28). The number of hydrogen-bond donors (Lipinski definition) is 3. The molecule has 0 saturated carbocycles. The highest BCUT2D eigenvalue weighted by molar-refractivity contribution is 7.09. The van der Waals surface area contributed by atoms with Crippen LogP contribution in [0.1, 0.15) is 21.9 Å². The largest absolute Gasteiger partial charge is 0.480 e. The minimum atomic E-state index is -1.17. The lowest BCUT2D eigenvalue weighted by Crippen LogP contribution is -2.49. The summed E-state index contributed by atoms with van der Waals surface area (Å²) in [5.41, 5.74) is 6.03. The van der Waals surface area contributed by atoms with Crippen molar-refractivity contribution in [2.75, 3.05) is 13.2 Å². The minimum absolute atomic E-state index is 0.103. The van der Waals surface area contributed by atoms with Gasteiger partial charge in [0.15, 0.2) is 0 Å². The number of alkyl carbamates (subject to hydrolysis) is 1. The maximum Gasteiger partial charge on any atom is 0.407 e. The summed E-state index contributed by atoms with van der Waals surface area (Å²) in [7, 11) is 0. The Kier molecular flexibility index (Phi) is 6.46. The predicted octanol–water partition coefficient (Wildman–Crippen LogP) is 2.79. The molecule has 1 unspecified atom stereocenters. The molecule has 32 heavy (non-hydrogen) atoms. The van der Waals surface area contributed by atoms with E-state index in [9.17, 15) is 14.4 Å². The number of carboxylic acid groups (broad SMARTS) is 1. The molecule has 1 aromatic heterocycles. The van der Waals surface area contributed by atoms with Gasteiger partial charge in [-0.25, -0.2) is 4.79 Å². The molecule has 0 radical (unpaired) electrons. The number of hydrogen-bond acceptors (Lipinski definition) is 6. The molecule has 0 fully saturated rings. The first-order valence-corrected chi connectivity index (χ1v) is 10.9. The Balaban J connectivity index is 1.43. The third-order valence-electron chi connectivity index (χ3n) is 5.25. The number of ether oxygens (including phenoxy) is 1. The summed E-state index contributed by atoms with van der Waals surface area (Å²) in [6, 6.07) is 15.0. The molecule has 9 heteroatoms. The first-order chi connectivity index (χ1) is 15.5. The fourth-order valence-electron chi connectivity index (χ4n) is 3.82. The van der Waals surface area contributed by atoms with E-state index in [1.807, 2.05) is 48.5 Å². The van der Waals surface area contributed by atoms with E-state index in [0.717, 1.165) is 27.1 Å². The Morgan fingerprint density at radius 1 is 1.06 bits per heavy atom. The lowest BCUT2D eigenvalue weighted by atomic mass is 9.98. The Morgan fingerprint density at radius 2 is 1.72 bits per heavy atom. The van der Waals surface area contributed by atoms with Gasteiger partial charge in [0, 0.05) is 23.4 Å². The molecule has 4 rings (SSSR count). The molecule has 1 atom stereocenters. The van der Waals surface area contributed by atoms with Crippen LogP contribution in [0.5, 0.6) is 0 Å². The zero-order valence-electron chi connectivity index (χ0n) is 17.0. The lowest BCUT2D eigenvalue weighted by molar-refractivity contribution is -0.138. The molecular formula is C23H21N3O5S. The normalized spacial score (nSPS) is 13.0. The van der Waals surface area contributed by atoms with Gasteiger partial charge in [0.05, 0.1) is 5.51 Å². The Hall–Kier alpha value is -3.72. The predicted molar refractivity (Wildman–Crippen MR) is 118 cm³/mol. The van der Waals surface area contributed by atoms with Gasteiger partial charge in [-0.3, -0.25) is 14.6 Å². The second-order valence-corrected chi connectivity index (χ2v) is 8.28. The number of benzene rings is 2. The maximum absolute atomic E-state index is 12.6. The molecule has 0 saturated heterocycles. The maximum atomic E-state index is 12.6. The summed E-state index contributed by atoms with van der Waals surface area (Å²) >= 11 is 1.34. The summed E-state index contributed by atoms with van der Waals surface area (Å²) in [5.74, 6) is -1.88. The number of rotatable bonds is 8. The van der Waals surface area contributed by atoms with E-state index in [1.54, 1.807) is 11.7 Å². The van der Waals surface area contributed by atoms with E-state index in [2.05, 4.69) is 15.6 Å². The molecule has 1 aliphatic carbocycles. The SMILES string of the molecule is O=C(O)CNC(=O)C(Cc1cncs1)NC(=O)OCC1c2ccccc2-c2ccccc21. The molecule has 0 spiro atoms. The van der Waals surface area contributed by atoms with E-state index in [-0.39, 0.29) is 18.9 Å². The van der Waals surface area contributed by atoms with Crippen molar-refractivity contribution in [2.45, 2.75) is 18.4 Å². The molecule has 1 aliphatic rings. The van der Waals surface area contributed by atoms with Crippen molar-refractivity contribution in [1.29, 1.82) is 0 Å². The number of carbonyl (C=O) groups is 3. The number of nitrogens with one attached hydrogen (secondary N) is 2. The van der Waals surface area contributed by atoms with E-state index in [1.165, 1.54) is 11.3 Å². The molecule has 0 bridgehead atoms. The molecule has 3 aromatic rings. The number of carboxylic acids is 1. The number of amides is 2. The Morgan fingerprint density at radius 3 is 2.31 bits per heavy atom. The molecule has 2 aromatic carbocycles. The van der Waals surface area contributed by atoms with Crippen LogP contribution in [0.15, 0.2) is 60.2 Å². The quantitative estimate of drug-likeness (QED) is 0.485. The van der Waals surface area contributed by atoms with Crippen molar-refractivity contribution in [1.82, 2.24) is 15.6 Å². The van der Waals surface area contributed by atoms with Gasteiger partial charge in [-0.1, -0.05) is 48.5 Å². The molecule has 3 N–H and O–H groups in total. The van der Waals surface area contributed by atoms with Gasteiger partial charge < -0.3 is 20.5 Å². The fourth-order valence-corrected chi connectivity index (χ4v) is 4.46. The monoisotopic (exact) mass is 451 g/mol. The number of fused-ring (bicyclic) bond motifs is 3. The summed E-state index contributed by atoms with van der Waals surface area (Å²) in [6.07, 6.45) is 1.04. The second-order valence-electron chi connectivity index (χ2n) is 7.31.